The third-order valence-electron chi connectivity index (χ3n) is 11.0. The maximum absolute atomic E-state index is 14.8. The topological polar surface area (TPSA) is 163 Å². The van der Waals surface area contributed by atoms with E-state index in [9.17, 15) is 41.9 Å². The second kappa shape index (κ2) is 19.7. The van der Waals surface area contributed by atoms with Gasteiger partial charge in [-0.05, 0) is 76.5 Å². The van der Waals surface area contributed by atoms with Crippen LogP contribution in [0.15, 0.2) is 12.7 Å². The van der Waals surface area contributed by atoms with Crippen LogP contribution in [0, 0.1) is 22.7 Å². The molecule has 56 heavy (non-hydrogen) atoms. The van der Waals surface area contributed by atoms with Crippen molar-refractivity contribution >= 4 is 35.5 Å². The highest BCUT2D eigenvalue weighted by Crippen LogP contribution is 2.38. The van der Waals surface area contributed by atoms with Gasteiger partial charge in [-0.2, -0.15) is 13.2 Å². The highest BCUT2D eigenvalue weighted by atomic mass is 19.4. The zero-order valence-electron chi connectivity index (χ0n) is 36.1. The third-order valence-corrected chi connectivity index (χ3v) is 11.0. The van der Waals surface area contributed by atoms with Crippen LogP contribution in [0.4, 0.5) is 18.0 Å². The minimum atomic E-state index is -4.23. The predicted molar refractivity (Wildman–Crippen MR) is 210 cm³/mol. The molecule has 0 bridgehead atoms. The zero-order valence-corrected chi connectivity index (χ0v) is 36.1. The van der Waals surface area contributed by atoms with Gasteiger partial charge < -0.3 is 30.9 Å². The minimum absolute atomic E-state index is 0.0155. The second-order valence-corrected chi connectivity index (χ2v) is 18.8. The third kappa shape index (κ3) is 14.1. The van der Waals surface area contributed by atoms with Crippen molar-refractivity contribution in [2.75, 3.05) is 13.1 Å². The van der Waals surface area contributed by atoms with Gasteiger partial charge >= 0.3 is 18.2 Å². The zero-order chi connectivity index (χ0) is 43.7. The highest BCUT2D eigenvalue weighted by molar-refractivity contribution is 6.38. The predicted octanol–water partition coefficient (Wildman–Crippen LogP) is 6.76. The maximum atomic E-state index is 14.8. The van der Waals surface area contributed by atoms with E-state index in [0.717, 1.165) is 0 Å². The van der Waals surface area contributed by atoms with Gasteiger partial charge in [0.05, 0.1) is 6.04 Å². The molecular formula is C41H70F3N5O7. The Kier molecular flexibility index (Phi) is 17.7. The number of carbonyl (C=O) groups excluding carboxylic acids is 6. The Balaban J connectivity index is 3.47. The second-order valence-electron chi connectivity index (χ2n) is 18.8. The van der Waals surface area contributed by atoms with Gasteiger partial charge in [-0.3, -0.25) is 19.2 Å². The number of halogens is 3. The number of carbonyl (C=O) groups is 6. The van der Waals surface area contributed by atoms with E-state index >= 15 is 0 Å². The lowest BCUT2D eigenvalue weighted by Gasteiger charge is -2.46. The number of ketones is 1. The van der Waals surface area contributed by atoms with Gasteiger partial charge in [0.25, 0.3) is 5.91 Å². The van der Waals surface area contributed by atoms with Gasteiger partial charge in [-0.25, -0.2) is 9.59 Å². The van der Waals surface area contributed by atoms with Crippen molar-refractivity contribution in [3.05, 3.63) is 12.7 Å². The molecule has 1 aliphatic heterocycles. The van der Waals surface area contributed by atoms with E-state index in [1.165, 1.54) is 11.0 Å². The number of Topliss-reactive ketones (excluding diaryl/α,β-unsaturated/α-hetero) is 1. The van der Waals surface area contributed by atoms with E-state index in [0.29, 0.717) is 32.1 Å². The largest absolute Gasteiger partial charge is 0.458 e. The smallest absolute Gasteiger partial charge is 0.389 e. The first-order valence-corrected chi connectivity index (χ1v) is 19.8. The van der Waals surface area contributed by atoms with Crippen LogP contribution in [0.2, 0.25) is 0 Å². The monoisotopic (exact) mass is 802 g/mol. The quantitative estimate of drug-likeness (QED) is 0.0515. The molecule has 0 aromatic rings. The maximum Gasteiger partial charge on any atom is 0.389 e. The van der Waals surface area contributed by atoms with Crippen molar-refractivity contribution in [3.8, 4) is 0 Å². The van der Waals surface area contributed by atoms with Gasteiger partial charge in [0.2, 0.25) is 17.6 Å². The molecule has 15 heteroatoms. The average molecular weight is 802 g/mol. The number of amides is 5. The summed E-state index contributed by atoms with van der Waals surface area (Å²) in [5.41, 5.74) is -5.73. The molecule has 0 radical (unpaired) electrons. The van der Waals surface area contributed by atoms with Crippen LogP contribution in [0.25, 0.3) is 0 Å². The van der Waals surface area contributed by atoms with Crippen molar-refractivity contribution in [2.45, 2.75) is 176 Å². The molecule has 5 atom stereocenters. The van der Waals surface area contributed by atoms with Crippen LogP contribution >= 0.6 is 0 Å². The molecule has 322 valence electrons. The molecule has 0 saturated carbocycles. The van der Waals surface area contributed by atoms with Crippen molar-refractivity contribution in [1.29, 1.82) is 0 Å². The van der Waals surface area contributed by atoms with Crippen molar-refractivity contribution in [2.24, 2.45) is 22.7 Å². The van der Waals surface area contributed by atoms with E-state index in [-0.39, 0.29) is 37.8 Å². The van der Waals surface area contributed by atoms with Gasteiger partial charge in [-0.1, -0.05) is 87.1 Å². The molecule has 4 N–H and O–H groups in total. The molecule has 0 spiro atoms. The number of ether oxygens (including phenoxy) is 1. The summed E-state index contributed by atoms with van der Waals surface area (Å²) in [6, 6.07) is -3.12. The fraction of sp³-hybridized carbons (Fsp3) is 0.805. The van der Waals surface area contributed by atoms with Gasteiger partial charge in [0, 0.05) is 19.5 Å². The Morgan fingerprint density at radius 3 is 1.80 bits per heavy atom. The Morgan fingerprint density at radius 2 is 1.32 bits per heavy atom. The molecule has 2 unspecified atom stereocenters. The Morgan fingerprint density at radius 1 is 0.804 bits per heavy atom. The molecule has 0 aromatic heterocycles. The number of nitrogens with zero attached hydrogens (tertiary/aromatic N) is 1. The standard InChI is InChI=1S/C41H70F3N5O7/c1-15-24-45-32(52)30(50)28(21-19-17-16-18-20-23-41(42,43)44)46-31(51)29-27(26(2)3)22-25-49(29)33(53)39(13,36(4,5)6)47-35(55)48-40(14,37(7,8)9)34(54)56-38(10,11)12/h15,26-29H,1,16-25H2,2-14H3,(H,45,52)(H,46,51)(H2,47,48,55)/t27-,28?,29+,39-,40?/m1/s1. The van der Waals surface area contributed by atoms with Crippen LogP contribution < -0.4 is 21.3 Å². The summed E-state index contributed by atoms with van der Waals surface area (Å²) in [7, 11) is 0. The van der Waals surface area contributed by atoms with Gasteiger partial charge in [-0.15, -0.1) is 6.58 Å². The van der Waals surface area contributed by atoms with Crippen molar-refractivity contribution < 1.29 is 46.7 Å². The van der Waals surface area contributed by atoms with Crippen LogP contribution in [0.3, 0.4) is 0 Å². The molecule has 1 heterocycles. The van der Waals surface area contributed by atoms with Crippen molar-refractivity contribution in [1.82, 2.24) is 26.2 Å². The fourth-order valence-corrected chi connectivity index (χ4v) is 6.48. The minimum Gasteiger partial charge on any atom is -0.458 e. The summed E-state index contributed by atoms with van der Waals surface area (Å²) >= 11 is 0. The molecular weight excluding hydrogens is 731 g/mol. The van der Waals surface area contributed by atoms with Gasteiger partial charge in [0.1, 0.15) is 22.7 Å². The molecule has 1 saturated heterocycles. The number of hydrogen-bond acceptors (Lipinski definition) is 7. The number of likely N-dealkylation sites (tertiary alicyclic amines) is 1. The molecule has 1 fully saturated rings. The van der Waals surface area contributed by atoms with Crippen LogP contribution in [-0.2, 0) is 28.7 Å². The van der Waals surface area contributed by atoms with Crippen LogP contribution in [0.1, 0.15) is 141 Å². The number of alkyl halides is 3. The normalized spacial score (nSPS) is 19.3. The molecule has 12 nitrogen and oxygen atoms in total. The average Bonchev–Trinajstić information content (AvgIpc) is 3.48. The molecule has 0 aromatic carbocycles. The summed E-state index contributed by atoms with van der Waals surface area (Å²) in [4.78, 5) is 84.1. The Labute approximate surface area is 332 Å². The summed E-state index contributed by atoms with van der Waals surface area (Å²) in [6.45, 7) is 26.5. The van der Waals surface area contributed by atoms with Crippen molar-refractivity contribution in [3.63, 3.8) is 0 Å². The molecule has 0 aliphatic carbocycles. The van der Waals surface area contributed by atoms with Crippen LogP contribution in [0.5, 0.6) is 0 Å². The lowest BCUT2D eigenvalue weighted by atomic mass is 9.73. The number of hydrogen-bond donors (Lipinski definition) is 4. The molecule has 5 amide bonds. The summed E-state index contributed by atoms with van der Waals surface area (Å²) in [5.74, 6) is -4.08. The highest BCUT2D eigenvalue weighted by Gasteiger charge is 2.55. The summed E-state index contributed by atoms with van der Waals surface area (Å²) in [6.07, 6.45) is -1.56. The molecule has 1 aliphatic rings. The van der Waals surface area contributed by atoms with E-state index in [1.54, 1.807) is 76.2 Å². The molecule has 1 rings (SSSR count). The lowest BCUT2D eigenvalue weighted by molar-refractivity contribution is -0.167. The fourth-order valence-electron chi connectivity index (χ4n) is 6.48. The summed E-state index contributed by atoms with van der Waals surface area (Å²) < 4.78 is 43.4. The first-order valence-electron chi connectivity index (χ1n) is 19.8. The summed E-state index contributed by atoms with van der Waals surface area (Å²) in [5, 5.41) is 10.8. The van der Waals surface area contributed by atoms with E-state index < -0.39 is 87.7 Å². The van der Waals surface area contributed by atoms with Gasteiger partial charge in [0.15, 0.2) is 0 Å². The lowest BCUT2D eigenvalue weighted by Crippen LogP contribution is -2.70. The number of nitrogens with one attached hydrogen (secondary N) is 4. The Bertz CT molecular complexity index is 1410. The van der Waals surface area contributed by atoms with E-state index in [1.807, 2.05) is 13.8 Å². The van der Waals surface area contributed by atoms with Crippen LogP contribution in [-0.4, -0.2) is 88.4 Å². The number of rotatable bonds is 18. The SMILES string of the molecule is C=CCNC(=O)C(=O)C(CCCCCCCC(F)(F)F)NC(=O)[C@@H]1[C@@H](C(C)C)CCN1C(=O)[C@@](C)(NC(=O)NC(C)(C(=O)OC(C)(C)C)C(C)(C)C)C(C)(C)C. The first kappa shape index (κ1) is 50.4. The number of urea groups is 1. The Hall–Kier alpha value is -3.65. The van der Waals surface area contributed by atoms with E-state index in [4.69, 9.17) is 4.74 Å². The first-order chi connectivity index (χ1) is 25.3. The van der Waals surface area contributed by atoms with E-state index in [2.05, 4.69) is 27.8 Å². The number of unbranched alkanes of at least 4 members (excludes halogenated alkanes) is 4. The number of esters is 1.